The van der Waals surface area contributed by atoms with E-state index in [4.69, 9.17) is 0 Å². The maximum absolute atomic E-state index is 14.6. The lowest BCUT2D eigenvalue weighted by Crippen LogP contribution is -2.58. The summed E-state index contributed by atoms with van der Waals surface area (Å²) < 4.78 is 0. The molecular formula is C42H70O5. The molecule has 5 nitrogen and oxygen atoms in total. The summed E-state index contributed by atoms with van der Waals surface area (Å²) in [6.07, 6.45) is 20.0. The van der Waals surface area contributed by atoms with E-state index in [0.717, 1.165) is 69.6 Å². The lowest BCUT2D eigenvalue weighted by Gasteiger charge is -2.61. The first kappa shape index (κ1) is 38.3. The Labute approximate surface area is 287 Å². The smallest absolute Gasteiger partial charge is 0.325 e. The highest BCUT2D eigenvalue weighted by atomic mass is 16.4. The molecule has 0 aliphatic heterocycles. The quantitative estimate of drug-likeness (QED) is 0.111. The van der Waals surface area contributed by atoms with Crippen LogP contribution in [0.5, 0.6) is 0 Å². The molecule has 0 spiro atoms. The summed E-state index contributed by atoms with van der Waals surface area (Å²) >= 11 is 0. The Morgan fingerprint density at radius 3 is 1.83 bits per heavy atom. The van der Waals surface area contributed by atoms with E-state index in [1.165, 1.54) is 44.9 Å². The standard InChI is InChI=1S/C42H70O5/c1-7-10-13-19-35(43)38(42(39(46)47,36(44)20-14-11-8-2)37(45)21-15-12-9-3)29(4)32-24-25-33-31-23-22-30-18-16-17-27-40(30,5)34(31)26-28-41(32,33)6/h29-34,38H,7-28H2,1-6H3,(H,46,47)/t29-,30?,31-,32+,33-,34-,38?,40-,41+/m0/s1. The minimum absolute atomic E-state index is 0.00115. The Bertz CT molecular complexity index is 1070. The summed E-state index contributed by atoms with van der Waals surface area (Å²) in [4.78, 5) is 57.1. The number of Topliss-reactive ketones (excluding diaryl/α,β-unsaturated/α-hetero) is 3. The summed E-state index contributed by atoms with van der Waals surface area (Å²) in [5.74, 6) is -0.941. The number of carboxylic acids is 1. The molecule has 5 heteroatoms. The van der Waals surface area contributed by atoms with Gasteiger partial charge in [0, 0.05) is 19.3 Å². The molecule has 268 valence electrons. The summed E-state index contributed by atoms with van der Waals surface area (Å²) in [5, 5.41) is 11.2. The zero-order chi connectivity index (χ0) is 34.4. The molecule has 0 aromatic rings. The first-order valence-electron chi connectivity index (χ1n) is 20.3. The number of ketones is 3. The molecule has 47 heavy (non-hydrogen) atoms. The zero-order valence-corrected chi connectivity index (χ0v) is 31.2. The molecule has 0 aromatic carbocycles. The lowest BCUT2D eigenvalue weighted by atomic mass is 9.44. The molecule has 0 aromatic heterocycles. The van der Waals surface area contributed by atoms with Crippen molar-refractivity contribution >= 4 is 23.3 Å². The van der Waals surface area contributed by atoms with E-state index < -0.39 is 28.9 Å². The van der Waals surface area contributed by atoms with Crippen molar-refractivity contribution in [3.8, 4) is 0 Å². The SMILES string of the molecule is CCCCCC(=O)C([C@@H](C)[C@H]1CC[C@H]2[C@@H]3CCC4CCCC[C@]4(C)[C@H]3CC[C@]12C)C(C(=O)O)(C(=O)CCCCC)C(=O)CCCCC. The van der Waals surface area contributed by atoms with Gasteiger partial charge < -0.3 is 5.11 Å². The van der Waals surface area contributed by atoms with E-state index in [-0.39, 0.29) is 42.3 Å². The fraction of sp³-hybridized carbons (Fsp3) is 0.905. The molecule has 0 heterocycles. The Morgan fingerprint density at radius 2 is 1.26 bits per heavy atom. The van der Waals surface area contributed by atoms with Crippen molar-refractivity contribution in [2.45, 2.75) is 183 Å². The molecular weight excluding hydrogens is 584 g/mol. The van der Waals surface area contributed by atoms with E-state index in [0.29, 0.717) is 36.5 Å². The van der Waals surface area contributed by atoms with Gasteiger partial charge in [-0.25, -0.2) is 0 Å². The van der Waals surface area contributed by atoms with E-state index in [9.17, 15) is 24.3 Å². The van der Waals surface area contributed by atoms with Gasteiger partial charge in [0.15, 0.2) is 17.0 Å². The van der Waals surface area contributed by atoms with E-state index in [1.807, 2.05) is 0 Å². The van der Waals surface area contributed by atoms with Gasteiger partial charge in [0.05, 0.1) is 5.92 Å². The van der Waals surface area contributed by atoms with Crippen LogP contribution in [0.4, 0.5) is 0 Å². The van der Waals surface area contributed by atoms with Crippen molar-refractivity contribution < 1.29 is 24.3 Å². The van der Waals surface area contributed by atoms with Crippen molar-refractivity contribution in [3.63, 3.8) is 0 Å². The van der Waals surface area contributed by atoms with E-state index in [2.05, 4.69) is 41.5 Å². The Hall–Kier alpha value is -1.52. The van der Waals surface area contributed by atoms with Gasteiger partial charge in [-0.3, -0.25) is 19.2 Å². The van der Waals surface area contributed by atoms with Crippen LogP contribution in [0.2, 0.25) is 0 Å². The molecule has 1 N–H and O–H groups in total. The number of unbranched alkanes of at least 4 members (excludes halogenated alkanes) is 6. The molecule has 4 saturated carbocycles. The monoisotopic (exact) mass is 655 g/mol. The van der Waals surface area contributed by atoms with Gasteiger partial charge in [0.1, 0.15) is 5.78 Å². The molecule has 4 aliphatic rings. The minimum atomic E-state index is -2.27. The minimum Gasteiger partial charge on any atom is -0.480 e. The summed E-state index contributed by atoms with van der Waals surface area (Å²) in [7, 11) is 0. The predicted octanol–water partition coefficient (Wildman–Crippen LogP) is 10.8. The van der Waals surface area contributed by atoms with Crippen LogP contribution in [0.15, 0.2) is 0 Å². The predicted molar refractivity (Wildman–Crippen MR) is 190 cm³/mol. The first-order valence-corrected chi connectivity index (χ1v) is 20.3. The summed E-state index contributed by atoms with van der Waals surface area (Å²) in [5.41, 5.74) is -1.83. The molecule has 4 fully saturated rings. The average Bonchev–Trinajstić information content (AvgIpc) is 3.40. The van der Waals surface area contributed by atoms with Crippen molar-refractivity contribution in [1.82, 2.24) is 0 Å². The number of aliphatic carboxylic acids is 1. The van der Waals surface area contributed by atoms with Gasteiger partial charge in [-0.2, -0.15) is 0 Å². The third-order valence-electron chi connectivity index (χ3n) is 14.9. The number of carbonyl (C=O) groups is 4. The lowest BCUT2D eigenvalue weighted by molar-refractivity contribution is -0.171. The van der Waals surface area contributed by atoms with Crippen LogP contribution in [0.1, 0.15) is 183 Å². The Balaban J connectivity index is 1.73. The normalized spacial score (nSPS) is 33.3. The van der Waals surface area contributed by atoms with Gasteiger partial charge in [-0.1, -0.05) is 92.9 Å². The molecule has 0 saturated heterocycles. The second-order valence-corrected chi connectivity index (χ2v) is 17.3. The maximum atomic E-state index is 14.6. The summed E-state index contributed by atoms with van der Waals surface area (Å²) in [6, 6.07) is 0. The van der Waals surface area contributed by atoms with Crippen molar-refractivity contribution in [2.24, 2.45) is 57.7 Å². The van der Waals surface area contributed by atoms with Gasteiger partial charge in [0.2, 0.25) is 0 Å². The molecule has 0 bridgehead atoms. The van der Waals surface area contributed by atoms with Crippen LogP contribution in [0, 0.1) is 57.7 Å². The van der Waals surface area contributed by atoms with Crippen molar-refractivity contribution in [3.05, 3.63) is 0 Å². The van der Waals surface area contributed by atoms with Crippen molar-refractivity contribution in [1.29, 1.82) is 0 Å². The molecule has 2 unspecified atom stereocenters. The number of fused-ring (bicyclic) bond motifs is 5. The third-order valence-corrected chi connectivity index (χ3v) is 14.9. The number of carboxylic acid groups (broad SMARTS) is 1. The highest BCUT2D eigenvalue weighted by Gasteiger charge is 2.65. The molecule has 4 aliphatic carbocycles. The number of hydrogen-bond acceptors (Lipinski definition) is 4. The van der Waals surface area contributed by atoms with Crippen LogP contribution in [-0.2, 0) is 19.2 Å². The highest BCUT2D eigenvalue weighted by molar-refractivity contribution is 6.24. The second kappa shape index (κ2) is 16.5. The number of hydrogen-bond donors (Lipinski definition) is 1. The number of rotatable bonds is 19. The van der Waals surface area contributed by atoms with Crippen LogP contribution < -0.4 is 0 Å². The zero-order valence-electron chi connectivity index (χ0n) is 31.2. The largest absolute Gasteiger partial charge is 0.480 e. The topological polar surface area (TPSA) is 88.5 Å². The Morgan fingerprint density at radius 1 is 0.681 bits per heavy atom. The molecule has 0 amide bonds. The summed E-state index contributed by atoms with van der Waals surface area (Å²) in [6.45, 7) is 13.3. The number of carbonyl (C=O) groups excluding carboxylic acids is 3. The first-order chi connectivity index (χ1) is 22.4. The van der Waals surface area contributed by atoms with Crippen molar-refractivity contribution in [2.75, 3.05) is 0 Å². The fourth-order valence-corrected chi connectivity index (χ4v) is 12.4. The van der Waals surface area contributed by atoms with Crippen LogP contribution in [0.25, 0.3) is 0 Å². The second-order valence-electron chi connectivity index (χ2n) is 17.3. The van der Waals surface area contributed by atoms with Crippen LogP contribution in [-0.4, -0.2) is 28.4 Å². The maximum Gasteiger partial charge on any atom is 0.325 e. The van der Waals surface area contributed by atoms with E-state index in [1.54, 1.807) is 0 Å². The van der Waals surface area contributed by atoms with Gasteiger partial charge >= 0.3 is 5.97 Å². The van der Waals surface area contributed by atoms with Crippen LogP contribution >= 0.6 is 0 Å². The Kier molecular flexibility index (Phi) is 13.4. The van der Waals surface area contributed by atoms with Gasteiger partial charge in [-0.05, 0) is 117 Å². The van der Waals surface area contributed by atoms with Crippen LogP contribution in [0.3, 0.4) is 0 Å². The average molecular weight is 655 g/mol. The van der Waals surface area contributed by atoms with Gasteiger partial charge in [-0.15, -0.1) is 0 Å². The van der Waals surface area contributed by atoms with Gasteiger partial charge in [0.25, 0.3) is 0 Å². The highest BCUT2D eigenvalue weighted by Crippen LogP contribution is 2.69. The molecule has 4 rings (SSSR count). The molecule has 9 atom stereocenters. The van der Waals surface area contributed by atoms with E-state index >= 15 is 0 Å². The fourth-order valence-electron chi connectivity index (χ4n) is 12.4. The third kappa shape index (κ3) is 7.21. The molecule has 0 radical (unpaired) electrons.